The van der Waals surface area contributed by atoms with Crippen molar-refractivity contribution in [3.05, 3.63) is 41.5 Å². The first-order valence-corrected chi connectivity index (χ1v) is 6.96. The van der Waals surface area contributed by atoms with Gasteiger partial charge >= 0.3 is 0 Å². The highest BCUT2D eigenvalue weighted by molar-refractivity contribution is 5.75. The summed E-state index contributed by atoms with van der Waals surface area (Å²) in [5.41, 5.74) is 2.28. The highest BCUT2D eigenvalue weighted by atomic mass is 16.5. The fraction of sp³-hybridized carbons (Fsp3) is 0.400. The van der Waals surface area contributed by atoms with Crippen LogP contribution in [0.3, 0.4) is 0 Å². The summed E-state index contributed by atoms with van der Waals surface area (Å²) in [6.45, 7) is 4.95. The number of aryl methyl sites for hydroxylation is 2. The molecule has 1 heterocycles. The number of carbonyl (C=O) groups excluding carboxylic acids is 1. The largest absolute Gasteiger partial charge is 0.493 e. The summed E-state index contributed by atoms with van der Waals surface area (Å²) in [6, 6.07) is 6.00. The van der Waals surface area contributed by atoms with Crippen molar-refractivity contribution in [1.82, 2.24) is 20.5 Å². The molecule has 6 heteroatoms. The van der Waals surface area contributed by atoms with Gasteiger partial charge in [-0.05, 0) is 25.5 Å². The normalized spacial score (nSPS) is 10.4. The van der Waals surface area contributed by atoms with Gasteiger partial charge in [-0.25, -0.2) is 4.98 Å². The van der Waals surface area contributed by atoms with Gasteiger partial charge in [0.05, 0.1) is 13.0 Å². The molecule has 0 aliphatic rings. The third kappa shape index (κ3) is 4.91. The van der Waals surface area contributed by atoms with Crippen LogP contribution in [0.4, 0.5) is 0 Å². The molecular weight excluding hydrogens is 268 g/mol. The number of nitrogens with one attached hydrogen (secondary N) is 2. The first kappa shape index (κ1) is 15.0. The summed E-state index contributed by atoms with van der Waals surface area (Å²) in [5, 5.41) is 9.32. The van der Waals surface area contributed by atoms with Crippen molar-refractivity contribution in [2.24, 2.45) is 0 Å². The van der Waals surface area contributed by atoms with Crippen LogP contribution in [0.15, 0.2) is 24.5 Å². The monoisotopic (exact) mass is 288 g/mol. The summed E-state index contributed by atoms with van der Waals surface area (Å²) in [7, 11) is 0. The van der Waals surface area contributed by atoms with E-state index in [0.29, 0.717) is 26.0 Å². The molecule has 0 radical (unpaired) electrons. The van der Waals surface area contributed by atoms with Crippen molar-refractivity contribution >= 4 is 5.91 Å². The Morgan fingerprint density at radius 2 is 2.24 bits per heavy atom. The molecule has 0 atom stereocenters. The Hall–Kier alpha value is -2.37. The van der Waals surface area contributed by atoms with Crippen molar-refractivity contribution in [1.29, 1.82) is 0 Å². The van der Waals surface area contributed by atoms with Crippen LogP contribution in [0, 0.1) is 13.8 Å². The molecule has 0 spiro atoms. The average Bonchev–Trinajstić information content (AvgIpc) is 2.94. The molecular formula is C15H20N4O2. The maximum Gasteiger partial charge on any atom is 0.223 e. The quantitative estimate of drug-likeness (QED) is 0.810. The zero-order chi connectivity index (χ0) is 15.1. The summed E-state index contributed by atoms with van der Waals surface area (Å²) < 4.78 is 5.63. The number of hydrogen-bond acceptors (Lipinski definition) is 4. The summed E-state index contributed by atoms with van der Waals surface area (Å²) in [4.78, 5) is 15.7. The van der Waals surface area contributed by atoms with E-state index in [1.54, 1.807) is 0 Å². The lowest BCUT2D eigenvalue weighted by Gasteiger charge is -2.09. The second kappa shape index (κ2) is 7.42. The van der Waals surface area contributed by atoms with Crippen LogP contribution >= 0.6 is 0 Å². The van der Waals surface area contributed by atoms with Crippen molar-refractivity contribution in [3.63, 3.8) is 0 Å². The number of benzene rings is 1. The van der Waals surface area contributed by atoms with Crippen LogP contribution in [-0.4, -0.2) is 34.2 Å². The number of aromatic amines is 1. The summed E-state index contributed by atoms with van der Waals surface area (Å²) >= 11 is 0. The van der Waals surface area contributed by atoms with Crippen molar-refractivity contribution < 1.29 is 9.53 Å². The Bertz CT molecular complexity index is 581. The predicted octanol–water partition coefficient (Wildman–Crippen LogP) is 1.55. The van der Waals surface area contributed by atoms with E-state index in [2.05, 4.69) is 26.6 Å². The topological polar surface area (TPSA) is 79.9 Å². The number of nitrogens with zero attached hydrogens (tertiary/aromatic N) is 2. The third-order valence-corrected chi connectivity index (χ3v) is 3.07. The van der Waals surface area contributed by atoms with Crippen molar-refractivity contribution in [2.45, 2.75) is 26.7 Å². The Morgan fingerprint density at radius 3 is 2.95 bits per heavy atom. The van der Waals surface area contributed by atoms with Crippen LogP contribution in [-0.2, 0) is 11.2 Å². The highest BCUT2D eigenvalue weighted by Crippen LogP contribution is 2.18. The smallest absolute Gasteiger partial charge is 0.223 e. The van der Waals surface area contributed by atoms with Crippen LogP contribution in [0.25, 0.3) is 0 Å². The molecule has 1 aromatic carbocycles. The van der Waals surface area contributed by atoms with Gasteiger partial charge in [0.15, 0.2) is 0 Å². The predicted molar refractivity (Wildman–Crippen MR) is 79.1 cm³/mol. The van der Waals surface area contributed by atoms with Gasteiger partial charge in [-0.3, -0.25) is 9.89 Å². The van der Waals surface area contributed by atoms with Crippen LogP contribution < -0.4 is 10.1 Å². The fourth-order valence-electron chi connectivity index (χ4n) is 1.97. The lowest BCUT2D eigenvalue weighted by molar-refractivity contribution is -0.121. The molecule has 0 saturated carbocycles. The number of ether oxygens (including phenoxy) is 1. The molecule has 0 saturated heterocycles. The molecule has 2 rings (SSSR count). The number of H-pyrrole nitrogens is 1. The number of aromatic nitrogens is 3. The van der Waals surface area contributed by atoms with Crippen LogP contribution in [0.1, 0.15) is 23.4 Å². The summed E-state index contributed by atoms with van der Waals surface area (Å²) in [6.07, 6.45) is 2.43. The molecule has 0 aliphatic heterocycles. The van der Waals surface area contributed by atoms with E-state index in [4.69, 9.17) is 4.74 Å². The molecule has 0 unspecified atom stereocenters. The zero-order valence-corrected chi connectivity index (χ0v) is 12.3. The number of hydrogen-bond donors (Lipinski definition) is 2. The standard InChI is InChI=1S/C15H20N4O2/c1-11-3-4-13(12(2)9-11)21-8-6-15(20)16-7-5-14-17-10-18-19-14/h3-4,9-10H,5-8H2,1-2H3,(H,16,20)(H,17,18,19). The van der Waals surface area contributed by atoms with E-state index in [-0.39, 0.29) is 5.91 Å². The maximum absolute atomic E-state index is 11.7. The molecule has 2 aromatic rings. The van der Waals surface area contributed by atoms with Gasteiger partial charge < -0.3 is 10.1 Å². The second-order valence-electron chi connectivity index (χ2n) is 4.90. The van der Waals surface area contributed by atoms with Crippen molar-refractivity contribution in [3.8, 4) is 5.75 Å². The molecule has 0 bridgehead atoms. The Kier molecular flexibility index (Phi) is 5.31. The van der Waals surface area contributed by atoms with Gasteiger partial charge in [-0.2, -0.15) is 5.10 Å². The van der Waals surface area contributed by atoms with E-state index in [0.717, 1.165) is 17.1 Å². The lowest BCUT2D eigenvalue weighted by atomic mass is 10.1. The van der Waals surface area contributed by atoms with Gasteiger partial charge in [-0.1, -0.05) is 17.7 Å². The molecule has 1 amide bonds. The van der Waals surface area contributed by atoms with Gasteiger partial charge in [-0.15, -0.1) is 0 Å². The van der Waals surface area contributed by atoms with Crippen LogP contribution in [0.5, 0.6) is 5.75 Å². The fourth-order valence-corrected chi connectivity index (χ4v) is 1.97. The number of rotatable bonds is 7. The molecule has 6 nitrogen and oxygen atoms in total. The number of carbonyl (C=O) groups is 1. The zero-order valence-electron chi connectivity index (χ0n) is 12.3. The molecule has 1 aromatic heterocycles. The lowest BCUT2D eigenvalue weighted by Crippen LogP contribution is -2.27. The van der Waals surface area contributed by atoms with Crippen molar-refractivity contribution in [2.75, 3.05) is 13.2 Å². The highest BCUT2D eigenvalue weighted by Gasteiger charge is 2.04. The Balaban J connectivity index is 1.64. The van der Waals surface area contributed by atoms with Gasteiger partial charge in [0.2, 0.25) is 5.91 Å². The van der Waals surface area contributed by atoms with E-state index in [1.165, 1.54) is 11.9 Å². The first-order chi connectivity index (χ1) is 10.1. The first-order valence-electron chi connectivity index (χ1n) is 6.96. The molecule has 2 N–H and O–H groups in total. The Morgan fingerprint density at radius 1 is 1.38 bits per heavy atom. The van der Waals surface area contributed by atoms with E-state index in [1.807, 2.05) is 26.0 Å². The van der Waals surface area contributed by atoms with E-state index >= 15 is 0 Å². The molecule has 21 heavy (non-hydrogen) atoms. The van der Waals surface area contributed by atoms with E-state index in [9.17, 15) is 4.79 Å². The van der Waals surface area contributed by atoms with Gasteiger partial charge in [0, 0.05) is 13.0 Å². The molecule has 112 valence electrons. The van der Waals surface area contributed by atoms with E-state index < -0.39 is 0 Å². The SMILES string of the molecule is Cc1ccc(OCCC(=O)NCCc2ncn[nH]2)c(C)c1. The third-order valence-electron chi connectivity index (χ3n) is 3.07. The average molecular weight is 288 g/mol. The second-order valence-corrected chi connectivity index (χ2v) is 4.90. The van der Waals surface area contributed by atoms with Crippen LogP contribution in [0.2, 0.25) is 0 Å². The maximum atomic E-state index is 11.7. The Labute approximate surface area is 123 Å². The number of amides is 1. The van der Waals surface area contributed by atoms with Gasteiger partial charge in [0.1, 0.15) is 17.9 Å². The molecule has 0 fully saturated rings. The minimum absolute atomic E-state index is 0.0284. The summed E-state index contributed by atoms with van der Waals surface area (Å²) in [5.74, 6) is 1.57. The minimum atomic E-state index is -0.0284. The minimum Gasteiger partial charge on any atom is -0.493 e. The van der Waals surface area contributed by atoms with Gasteiger partial charge in [0.25, 0.3) is 0 Å². The molecule has 0 aliphatic carbocycles.